The second-order valence-corrected chi connectivity index (χ2v) is 4.63. The summed E-state index contributed by atoms with van der Waals surface area (Å²) < 4.78 is 0. The van der Waals surface area contributed by atoms with Gasteiger partial charge in [-0.15, -0.1) is 10.2 Å². The fraction of sp³-hybridized carbons (Fsp3) is 0.462. The van der Waals surface area contributed by atoms with Gasteiger partial charge < -0.3 is 10.6 Å². The first-order chi connectivity index (χ1) is 8.92. The molecule has 0 amide bonds. The standard InChI is InChI=1S/C13H17N5/c1-2-6-12-11(5-1)16-13(18-17-12)15-9-7-10-4-3-8-14-10/h1-2,5-6,10,14H,3-4,7-9H2,(H,15,16,18). The van der Waals surface area contributed by atoms with Crippen molar-refractivity contribution >= 4 is 17.0 Å². The van der Waals surface area contributed by atoms with Gasteiger partial charge in [-0.1, -0.05) is 12.1 Å². The maximum atomic E-state index is 4.43. The minimum absolute atomic E-state index is 0.617. The van der Waals surface area contributed by atoms with Crippen molar-refractivity contribution in [1.29, 1.82) is 0 Å². The Hall–Kier alpha value is -1.75. The maximum absolute atomic E-state index is 4.43. The molecule has 0 radical (unpaired) electrons. The van der Waals surface area contributed by atoms with Gasteiger partial charge in [0, 0.05) is 12.6 Å². The van der Waals surface area contributed by atoms with Crippen molar-refractivity contribution in [2.24, 2.45) is 0 Å². The van der Waals surface area contributed by atoms with Crippen LogP contribution in [0.3, 0.4) is 0 Å². The van der Waals surface area contributed by atoms with Crippen LogP contribution in [-0.2, 0) is 0 Å². The summed E-state index contributed by atoms with van der Waals surface area (Å²) >= 11 is 0. The minimum atomic E-state index is 0.617. The van der Waals surface area contributed by atoms with Crippen LogP contribution < -0.4 is 10.6 Å². The molecular formula is C13H17N5. The lowest BCUT2D eigenvalue weighted by Crippen LogP contribution is -2.24. The van der Waals surface area contributed by atoms with E-state index in [9.17, 15) is 0 Å². The third kappa shape index (κ3) is 2.56. The number of aromatic nitrogens is 3. The summed E-state index contributed by atoms with van der Waals surface area (Å²) in [5.41, 5.74) is 1.72. The van der Waals surface area contributed by atoms with Crippen LogP contribution in [0.1, 0.15) is 19.3 Å². The van der Waals surface area contributed by atoms with Crippen LogP contribution in [0, 0.1) is 0 Å². The third-order valence-electron chi connectivity index (χ3n) is 3.30. The Bertz CT molecular complexity index is 522. The minimum Gasteiger partial charge on any atom is -0.353 e. The first-order valence-electron chi connectivity index (χ1n) is 6.48. The summed E-state index contributed by atoms with van der Waals surface area (Å²) in [5, 5.41) is 14.9. The molecule has 2 aromatic rings. The Morgan fingerprint density at radius 2 is 2.11 bits per heavy atom. The highest BCUT2D eigenvalue weighted by molar-refractivity contribution is 5.73. The molecule has 5 heteroatoms. The Morgan fingerprint density at radius 1 is 1.22 bits per heavy atom. The number of para-hydroxylation sites is 1. The van der Waals surface area contributed by atoms with Gasteiger partial charge in [-0.2, -0.15) is 0 Å². The number of fused-ring (bicyclic) bond motifs is 1. The zero-order valence-corrected chi connectivity index (χ0v) is 10.3. The van der Waals surface area contributed by atoms with Gasteiger partial charge in [-0.05, 0) is 37.9 Å². The molecule has 1 aliphatic heterocycles. The van der Waals surface area contributed by atoms with E-state index >= 15 is 0 Å². The normalized spacial score (nSPS) is 19.2. The first kappa shape index (κ1) is 11.3. The molecule has 0 spiro atoms. The van der Waals surface area contributed by atoms with E-state index in [-0.39, 0.29) is 0 Å². The topological polar surface area (TPSA) is 62.7 Å². The summed E-state index contributed by atoms with van der Waals surface area (Å²) in [6, 6.07) is 8.42. The Kier molecular flexibility index (Phi) is 3.32. The molecule has 2 N–H and O–H groups in total. The van der Waals surface area contributed by atoms with E-state index in [1.165, 1.54) is 12.8 Å². The molecule has 1 aromatic heterocycles. The van der Waals surface area contributed by atoms with E-state index in [2.05, 4.69) is 25.8 Å². The van der Waals surface area contributed by atoms with E-state index in [1.54, 1.807) is 0 Å². The smallest absolute Gasteiger partial charge is 0.243 e. The van der Waals surface area contributed by atoms with Gasteiger partial charge in [0.2, 0.25) is 5.95 Å². The highest BCUT2D eigenvalue weighted by Gasteiger charge is 2.13. The molecular weight excluding hydrogens is 226 g/mol. The molecule has 1 unspecified atom stereocenters. The summed E-state index contributed by atoms with van der Waals surface area (Å²) in [6.07, 6.45) is 3.67. The van der Waals surface area contributed by atoms with Crippen molar-refractivity contribution in [1.82, 2.24) is 20.5 Å². The average molecular weight is 243 g/mol. The lowest BCUT2D eigenvalue weighted by Gasteiger charge is -2.10. The van der Waals surface area contributed by atoms with Crippen LogP contribution in [0.5, 0.6) is 0 Å². The van der Waals surface area contributed by atoms with Gasteiger partial charge in [-0.3, -0.25) is 0 Å². The maximum Gasteiger partial charge on any atom is 0.243 e. The van der Waals surface area contributed by atoms with Crippen LogP contribution in [0.2, 0.25) is 0 Å². The summed E-state index contributed by atoms with van der Waals surface area (Å²) in [4.78, 5) is 4.43. The summed E-state index contributed by atoms with van der Waals surface area (Å²) in [6.45, 7) is 2.04. The van der Waals surface area contributed by atoms with Crippen molar-refractivity contribution in [2.75, 3.05) is 18.4 Å². The van der Waals surface area contributed by atoms with Gasteiger partial charge in [0.15, 0.2) is 0 Å². The van der Waals surface area contributed by atoms with Crippen molar-refractivity contribution < 1.29 is 0 Å². The Labute approximate surface area is 106 Å². The molecule has 1 aliphatic rings. The average Bonchev–Trinajstić information content (AvgIpc) is 2.92. The molecule has 1 atom stereocenters. The lowest BCUT2D eigenvalue weighted by atomic mass is 10.1. The van der Waals surface area contributed by atoms with Crippen LogP contribution in [0.15, 0.2) is 24.3 Å². The second kappa shape index (κ2) is 5.27. The molecule has 94 valence electrons. The highest BCUT2D eigenvalue weighted by Crippen LogP contribution is 2.10. The molecule has 18 heavy (non-hydrogen) atoms. The number of nitrogens with one attached hydrogen (secondary N) is 2. The lowest BCUT2D eigenvalue weighted by molar-refractivity contribution is 0.573. The van der Waals surface area contributed by atoms with Crippen molar-refractivity contribution in [3.63, 3.8) is 0 Å². The monoisotopic (exact) mass is 243 g/mol. The number of rotatable bonds is 4. The molecule has 0 aliphatic carbocycles. The zero-order valence-electron chi connectivity index (χ0n) is 10.3. The van der Waals surface area contributed by atoms with Gasteiger partial charge in [0.05, 0.1) is 5.52 Å². The number of hydrogen-bond acceptors (Lipinski definition) is 5. The quantitative estimate of drug-likeness (QED) is 0.853. The summed E-state index contributed by atoms with van der Waals surface area (Å²) in [7, 11) is 0. The number of benzene rings is 1. The first-order valence-corrected chi connectivity index (χ1v) is 6.48. The SMILES string of the molecule is c1ccc2nc(NCCC3CCCN3)nnc2c1. The van der Waals surface area contributed by atoms with E-state index in [0.717, 1.165) is 30.5 Å². The predicted octanol–water partition coefficient (Wildman–Crippen LogP) is 1.58. The van der Waals surface area contributed by atoms with Crippen LogP contribution in [-0.4, -0.2) is 34.3 Å². The van der Waals surface area contributed by atoms with Gasteiger partial charge in [-0.25, -0.2) is 4.98 Å². The molecule has 5 nitrogen and oxygen atoms in total. The van der Waals surface area contributed by atoms with Gasteiger partial charge in [0.25, 0.3) is 0 Å². The molecule has 0 saturated carbocycles. The van der Waals surface area contributed by atoms with Crippen molar-refractivity contribution in [2.45, 2.75) is 25.3 Å². The van der Waals surface area contributed by atoms with Crippen molar-refractivity contribution in [3.05, 3.63) is 24.3 Å². The fourth-order valence-corrected chi connectivity index (χ4v) is 2.32. The van der Waals surface area contributed by atoms with E-state index in [1.807, 2.05) is 24.3 Å². The fourth-order valence-electron chi connectivity index (χ4n) is 2.32. The van der Waals surface area contributed by atoms with Crippen molar-refractivity contribution in [3.8, 4) is 0 Å². The number of hydrogen-bond donors (Lipinski definition) is 2. The number of anilines is 1. The Morgan fingerprint density at radius 3 is 2.94 bits per heavy atom. The van der Waals surface area contributed by atoms with E-state index < -0.39 is 0 Å². The highest BCUT2D eigenvalue weighted by atomic mass is 15.2. The zero-order chi connectivity index (χ0) is 12.2. The Balaban J connectivity index is 1.60. The molecule has 3 rings (SSSR count). The van der Waals surface area contributed by atoms with Crippen LogP contribution in [0.4, 0.5) is 5.95 Å². The largest absolute Gasteiger partial charge is 0.353 e. The van der Waals surface area contributed by atoms with E-state index in [0.29, 0.717) is 12.0 Å². The molecule has 0 bridgehead atoms. The molecule has 1 aromatic carbocycles. The summed E-state index contributed by atoms with van der Waals surface area (Å²) in [5.74, 6) is 0.617. The second-order valence-electron chi connectivity index (χ2n) is 4.63. The predicted molar refractivity (Wildman–Crippen MR) is 71.5 cm³/mol. The van der Waals surface area contributed by atoms with E-state index in [4.69, 9.17) is 0 Å². The van der Waals surface area contributed by atoms with Gasteiger partial charge in [0.1, 0.15) is 5.52 Å². The molecule has 1 fully saturated rings. The van der Waals surface area contributed by atoms with Crippen LogP contribution >= 0.6 is 0 Å². The number of nitrogens with zero attached hydrogens (tertiary/aromatic N) is 3. The molecule has 1 saturated heterocycles. The van der Waals surface area contributed by atoms with Gasteiger partial charge >= 0.3 is 0 Å². The third-order valence-corrected chi connectivity index (χ3v) is 3.30. The van der Waals surface area contributed by atoms with Crippen LogP contribution in [0.25, 0.3) is 11.0 Å². The molecule has 2 heterocycles.